The van der Waals surface area contributed by atoms with E-state index in [2.05, 4.69) is 10.3 Å². The van der Waals surface area contributed by atoms with Crippen LogP contribution in [0.15, 0.2) is 54.6 Å². The van der Waals surface area contributed by atoms with Crippen LogP contribution in [-0.2, 0) is 0 Å². The van der Waals surface area contributed by atoms with Gasteiger partial charge in [-0.05, 0) is 31.2 Å². The van der Waals surface area contributed by atoms with Crippen molar-refractivity contribution >= 4 is 28.6 Å². The van der Waals surface area contributed by atoms with E-state index >= 15 is 0 Å². The number of nitrogens with one attached hydrogen (secondary N) is 1. The van der Waals surface area contributed by atoms with Gasteiger partial charge in [0.15, 0.2) is 0 Å². The monoisotopic (exact) mass is 339 g/mol. The number of nitro benzene ring substituents is 1. The van der Waals surface area contributed by atoms with E-state index in [1.54, 1.807) is 19.1 Å². The Hall–Kier alpha value is -3.06. The molecule has 0 radical (unpaired) electrons. The molecule has 0 aliphatic rings. The highest BCUT2D eigenvalue weighted by Crippen LogP contribution is 2.29. The van der Waals surface area contributed by atoms with E-state index in [1.807, 2.05) is 30.3 Å². The first kappa shape index (κ1) is 15.8. The SMILES string of the molecule is Cc1nc(-c2ccc([N+](=O)[O-])cc2)sc1C(=O)Nc1ccccc1. The average Bonchev–Trinajstić information content (AvgIpc) is 2.98. The van der Waals surface area contributed by atoms with Gasteiger partial charge in [-0.3, -0.25) is 14.9 Å². The molecule has 2 aromatic carbocycles. The minimum Gasteiger partial charge on any atom is -0.321 e. The summed E-state index contributed by atoms with van der Waals surface area (Å²) in [6.45, 7) is 1.77. The van der Waals surface area contributed by atoms with E-state index in [9.17, 15) is 14.9 Å². The van der Waals surface area contributed by atoms with E-state index in [-0.39, 0.29) is 11.6 Å². The first-order valence-electron chi connectivity index (χ1n) is 7.13. The maximum atomic E-state index is 12.4. The zero-order valence-corrected chi connectivity index (χ0v) is 13.5. The molecule has 0 saturated carbocycles. The quantitative estimate of drug-likeness (QED) is 0.568. The van der Waals surface area contributed by atoms with Crippen molar-refractivity contribution in [1.29, 1.82) is 0 Å². The number of aromatic nitrogens is 1. The van der Waals surface area contributed by atoms with E-state index in [1.165, 1.54) is 23.5 Å². The summed E-state index contributed by atoms with van der Waals surface area (Å²) >= 11 is 1.26. The molecule has 1 heterocycles. The van der Waals surface area contributed by atoms with Crippen LogP contribution in [0, 0.1) is 17.0 Å². The smallest absolute Gasteiger partial charge is 0.269 e. The third-order valence-electron chi connectivity index (χ3n) is 3.36. The fourth-order valence-electron chi connectivity index (χ4n) is 2.17. The molecule has 6 nitrogen and oxygen atoms in total. The van der Waals surface area contributed by atoms with Crippen molar-refractivity contribution in [3.63, 3.8) is 0 Å². The predicted molar refractivity (Wildman–Crippen MR) is 93.3 cm³/mol. The van der Waals surface area contributed by atoms with E-state index in [4.69, 9.17) is 0 Å². The number of carbonyl (C=O) groups is 1. The van der Waals surface area contributed by atoms with Gasteiger partial charge in [-0.1, -0.05) is 18.2 Å². The van der Waals surface area contributed by atoms with Crippen molar-refractivity contribution in [2.24, 2.45) is 0 Å². The molecule has 7 heteroatoms. The van der Waals surface area contributed by atoms with Crippen LogP contribution in [0.3, 0.4) is 0 Å². The molecule has 24 heavy (non-hydrogen) atoms. The molecule has 0 fully saturated rings. The van der Waals surface area contributed by atoms with Crippen LogP contribution in [0.25, 0.3) is 10.6 Å². The van der Waals surface area contributed by atoms with Crippen LogP contribution < -0.4 is 5.32 Å². The summed E-state index contributed by atoms with van der Waals surface area (Å²) < 4.78 is 0. The number of anilines is 1. The van der Waals surface area contributed by atoms with E-state index in [0.717, 1.165) is 5.56 Å². The van der Waals surface area contributed by atoms with Gasteiger partial charge in [0.25, 0.3) is 11.6 Å². The molecule has 0 aliphatic carbocycles. The van der Waals surface area contributed by atoms with Crippen molar-refractivity contribution in [3.8, 4) is 10.6 Å². The van der Waals surface area contributed by atoms with Gasteiger partial charge in [-0.15, -0.1) is 11.3 Å². The second-order valence-corrected chi connectivity index (χ2v) is 6.06. The lowest BCUT2D eigenvalue weighted by molar-refractivity contribution is -0.384. The van der Waals surface area contributed by atoms with Crippen LogP contribution in [0.5, 0.6) is 0 Å². The molecule has 0 spiro atoms. The summed E-state index contributed by atoms with van der Waals surface area (Å²) in [7, 11) is 0. The summed E-state index contributed by atoms with van der Waals surface area (Å²) in [5, 5.41) is 14.2. The molecule has 0 bridgehead atoms. The molecule has 120 valence electrons. The Morgan fingerprint density at radius 1 is 1.12 bits per heavy atom. The number of nitro groups is 1. The predicted octanol–water partition coefficient (Wildman–Crippen LogP) is 4.28. The summed E-state index contributed by atoms with van der Waals surface area (Å²) in [6.07, 6.45) is 0. The number of para-hydroxylation sites is 1. The minimum atomic E-state index is -0.449. The summed E-state index contributed by atoms with van der Waals surface area (Å²) in [5.41, 5.74) is 2.11. The largest absolute Gasteiger partial charge is 0.321 e. The number of aryl methyl sites for hydroxylation is 1. The maximum absolute atomic E-state index is 12.4. The highest BCUT2D eigenvalue weighted by molar-refractivity contribution is 7.17. The van der Waals surface area contributed by atoms with E-state index < -0.39 is 4.92 Å². The molecule has 1 N–H and O–H groups in total. The van der Waals surface area contributed by atoms with Crippen LogP contribution in [0.1, 0.15) is 15.4 Å². The first-order chi connectivity index (χ1) is 11.5. The number of rotatable bonds is 4. The van der Waals surface area contributed by atoms with Crippen LogP contribution in [0.2, 0.25) is 0 Å². The van der Waals surface area contributed by atoms with Gasteiger partial charge in [0.05, 0.1) is 10.6 Å². The second kappa shape index (κ2) is 6.59. The molecule has 0 atom stereocenters. The molecule has 1 aromatic heterocycles. The van der Waals surface area contributed by atoms with Gasteiger partial charge in [-0.25, -0.2) is 4.98 Å². The van der Waals surface area contributed by atoms with Gasteiger partial charge < -0.3 is 5.32 Å². The Morgan fingerprint density at radius 2 is 1.79 bits per heavy atom. The number of hydrogen-bond acceptors (Lipinski definition) is 5. The highest BCUT2D eigenvalue weighted by atomic mass is 32.1. The van der Waals surface area contributed by atoms with Crippen molar-refractivity contribution in [2.75, 3.05) is 5.32 Å². The highest BCUT2D eigenvalue weighted by Gasteiger charge is 2.17. The number of benzene rings is 2. The third-order valence-corrected chi connectivity index (χ3v) is 4.56. The van der Waals surface area contributed by atoms with Gasteiger partial charge >= 0.3 is 0 Å². The third kappa shape index (κ3) is 3.31. The second-order valence-electron chi connectivity index (χ2n) is 5.06. The number of amides is 1. The van der Waals surface area contributed by atoms with Crippen molar-refractivity contribution in [2.45, 2.75) is 6.92 Å². The molecule has 0 saturated heterocycles. The van der Waals surface area contributed by atoms with Gasteiger partial charge in [-0.2, -0.15) is 0 Å². The fraction of sp³-hybridized carbons (Fsp3) is 0.0588. The molecule has 0 unspecified atom stereocenters. The Labute approximate surface area is 141 Å². The van der Waals surface area contributed by atoms with Gasteiger partial charge in [0, 0.05) is 23.4 Å². The molecule has 1 amide bonds. The van der Waals surface area contributed by atoms with E-state index in [0.29, 0.717) is 21.3 Å². The molecule has 0 aliphatic heterocycles. The Balaban J connectivity index is 1.84. The van der Waals surface area contributed by atoms with Gasteiger partial charge in [0.2, 0.25) is 0 Å². The zero-order valence-electron chi connectivity index (χ0n) is 12.7. The number of thiazole rings is 1. The fourth-order valence-corrected chi connectivity index (χ4v) is 3.13. The van der Waals surface area contributed by atoms with Crippen LogP contribution in [-0.4, -0.2) is 15.8 Å². The Bertz CT molecular complexity index is 889. The van der Waals surface area contributed by atoms with Crippen LogP contribution >= 0.6 is 11.3 Å². The maximum Gasteiger partial charge on any atom is 0.269 e. The molecule has 3 rings (SSSR count). The standard InChI is InChI=1S/C17H13N3O3S/c1-11-15(16(21)19-13-5-3-2-4-6-13)24-17(18-11)12-7-9-14(10-8-12)20(22)23/h2-10H,1H3,(H,19,21). The van der Waals surface area contributed by atoms with Crippen molar-refractivity contribution in [3.05, 3.63) is 75.3 Å². The van der Waals surface area contributed by atoms with Crippen molar-refractivity contribution < 1.29 is 9.72 Å². The topological polar surface area (TPSA) is 85.1 Å². The molecular formula is C17H13N3O3S. The summed E-state index contributed by atoms with van der Waals surface area (Å²) in [6, 6.07) is 15.3. The number of hydrogen-bond donors (Lipinski definition) is 1. The number of nitrogens with zero attached hydrogens (tertiary/aromatic N) is 2. The lowest BCUT2D eigenvalue weighted by Crippen LogP contribution is -2.11. The molecule has 3 aromatic rings. The lowest BCUT2D eigenvalue weighted by Gasteiger charge is -2.02. The average molecular weight is 339 g/mol. The summed E-state index contributed by atoms with van der Waals surface area (Å²) in [5.74, 6) is -0.218. The Kier molecular flexibility index (Phi) is 4.35. The number of non-ortho nitro benzene ring substituents is 1. The molecular weight excluding hydrogens is 326 g/mol. The minimum absolute atomic E-state index is 0.0223. The summed E-state index contributed by atoms with van der Waals surface area (Å²) in [4.78, 5) is 27.6. The number of carbonyl (C=O) groups excluding carboxylic acids is 1. The first-order valence-corrected chi connectivity index (χ1v) is 7.95. The zero-order chi connectivity index (χ0) is 17.1. The lowest BCUT2D eigenvalue weighted by atomic mass is 10.2. The normalized spacial score (nSPS) is 10.4. The van der Waals surface area contributed by atoms with Crippen LogP contribution in [0.4, 0.5) is 11.4 Å². The van der Waals surface area contributed by atoms with Crippen molar-refractivity contribution in [1.82, 2.24) is 4.98 Å². The van der Waals surface area contributed by atoms with Gasteiger partial charge in [0.1, 0.15) is 9.88 Å². The Morgan fingerprint density at radius 3 is 2.42 bits per heavy atom.